The first-order chi connectivity index (χ1) is 8.90. The second-order valence-electron chi connectivity index (χ2n) is 5.24. The zero-order valence-electron chi connectivity index (χ0n) is 12.5. The molecule has 5 heteroatoms. The summed E-state index contributed by atoms with van der Waals surface area (Å²) in [5, 5.41) is 3.20. The van der Waals surface area contributed by atoms with Gasteiger partial charge in [-0.05, 0) is 40.1 Å². The van der Waals surface area contributed by atoms with Crippen molar-refractivity contribution in [1.29, 1.82) is 0 Å². The summed E-state index contributed by atoms with van der Waals surface area (Å²) in [6.45, 7) is 5.61. The first-order valence-corrected chi connectivity index (χ1v) is 6.54. The molecule has 1 N–H and O–H groups in total. The van der Waals surface area contributed by atoms with Crippen molar-refractivity contribution in [2.75, 3.05) is 39.5 Å². The molecular weight excluding hydrogens is 240 g/mol. The second-order valence-corrected chi connectivity index (χ2v) is 5.24. The largest absolute Gasteiger partial charge is 0.368 e. The van der Waals surface area contributed by atoms with Crippen LogP contribution in [0.15, 0.2) is 18.2 Å². The lowest BCUT2D eigenvalue weighted by Gasteiger charge is -2.19. The van der Waals surface area contributed by atoms with Crippen LogP contribution in [-0.4, -0.2) is 61.0 Å². The lowest BCUT2D eigenvalue weighted by atomic mass is 10.3. The normalized spacial score (nSPS) is 10.9. The molecule has 1 rings (SSSR count). The van der Waals surface area contributed by atoms with Gasteiger partial charge in [-0.15, -0.1) is 0 Å². The van der Waals surface area contributed by atoms with E-state index < -0.39 is 0 Å². The highest BCUT2D eigenvalue weighted by Crippen LogP contribution is 2.08. The monoisotopic (exact) mass is 264 g/mol. The molecule has 19 heavy (non-hydrogen) atoms. The Hall–Kier alpha value is -1.62. The first kappa shape index (κ1) is 15.4. The van der Waals surface area contributed by atoms with Crippen LogP contribution in [0.5, 0.6) is 0 Å². The van der Waals surface area contributed by atoms with Crippen LogP contribution in [0.3, 0.4) is 0 Å². The van der Waals surface area contributed by atoms with Crippen molar-refractivity contribution in [3.63, 3.8) is 0 Å². The van der Waals surface area contributed by atoms with Gasteiger partial charge in [0, 0.05) is 26.2 Å². The topological polar surface area (TPSA) is 48.5 Å². The molecule has 0 saturated heterocycles. The van der Waals surface area contributed by atoms with Gasteiger partial charge in [-0.3, -0.25) is 4.79 Å². The smallest absolute Gasteiger partial charge is 0.272 e. The van der Waals surface area contributed by atoms with Gasteiger partial charge in [0.05, 0.1) is 0 Å². The Bertz CT molecular complexity index is 418. The number of anilines is 1. The summed E-state index contributed by atoms with van der Waals surface area (Å²) in [7, 11) is 5.78. The Morgan fingerprint density at radius 2 is 1.95 bits per heavy atom. The third kappa shape index (κ3) is 5.26. The van der Waals surface area contributed by atoms with Gasteiger partial charge >= 0.3 is 0 Å². The van der Waals surface area contributed by atoms with E-state index in [2.05, 4.69) is 10.3 Å². The van der Waals surface area contributed by atoms with Crippen molar-refractivity contribution in [3.8, 4) is 0 Å². The molecule has 0 aromatic carbocycles. The van der Waals surface area contributed by atoms with Gasteiger partial charge in [0.2, 0.25) is 0 Å². The standard InChI is InChI=1S/C14H24N4O/c1-11(2)15-13-8-6-7-12(16-13)14(19)18(5)10-9-17(3)4/h6-8,11H,9-10H2,1-5H3,(H,15,16). The quantitative estimate of drug-likeness (QED) is 0.846. The molecule has 0 atom stereocenters. The van der Waals surface area contributed by atoms with Crippen LogP contribution < -0.4 is 5.32 Å². The molecule has 0 saturated carbocycles. The predicted molar refractivity (Wildman–Crippen MR) is 78.5 cm³/mol. The number of pyridine rings is 1. The van der Waals surface area contributed by atoms with Crippen LogP contribution >= 0.6 is 0 Å². The lowest BCUT2D eigenvalue weighted by Crippen LogP contribution is -2.34. The van der Waals surface area contributed by atoms with E-state index >= 15 is 0 Å². The average molecular weight is 264 g/mol. The number of hydrogen-bond donors (Lipinski definition) is 1. The number of nitrogens with one attached hydrogen (secondary N) is 1. The van der Waals surface area contributed by atoms with Gasteiger partial charge in [0.15, 0.2) is 0 Å². The number of nitrogens with zero attached hydrogens (tertiary/aromatic N) is 3. The van der Waals surface area contributed by atoms with Crippen LogP contribution in [-0.2, 0) is 0 Å². The lowest BCUT2D eigenvalue weighted by molar-refractivity contribution is 0.0780. The van der Waals surface area contributed by atoms with Crippen molar-refractivity contribution >= 4 is 11.7 Å². The minimum atomic E-state index is -0.0470. The van der Waals surface area contributed by atoms with E-state index in [1.165, 1.54) is 0 Å². The number of likely N-dealkylation sites (N-methyl/N-ethyl adjacent to an activating group) is 2. The Morgan fingerprint density at radius 1 is 1.26 bits per heavy atom. The molecule has 1 amide bonds. The molecule has 1 aromatic rings. The zero-order chi connectivity index (χ0) is 14.4. The fourth-order valence-electron chi connectivity index (χ4n) is 1.58. The fraction of sp³-hybridized carbons (Fsp3) is 0.571. The summed E-state index contributed by atoms with van der Waals surface area (Å²) in [5.41, 5.74) is 0.479. The average Bonchev–Trinajstić information content (AvgIpc) is 2.34. The molecule has 1 heterocycles. The zero-order valence-corrected chi connectivity index (χ0v) is 12.5. The molecule has 0 radical (unpaired) electrons. The van der Waals surface area contributed by atoms with Gasteiger partial charge in [-0.1, -0.05) is 6.07 Å². The van der Waals surface area contributed by atoms with Crippen molar-refractivity contribution in [2.45, 2.75) is 19.9 Å². The molecule has 0 unspecified atom stereocenters. The molecule has 0 bridgehead atoms. The predicted octanol–water partition coefficient (Wildman–Crippen LogP) is 1.54. The number of carbonyl (C=O) groups is 1. The molecule has 5 nitrogen and oxygen atoms in total. The third-order valence-electron chi connectivity index (χ3n) is 2.63. The highest BCUT2D eigenvalue weighted by atomic mass is 16.2. The number of hydrogen-bond acceptors (Lipinski definition) is 4. The third-order valence-corrected chi connectivity index (χ3v) is 2.63. The Morgan fingerprint density at radius 3 is 2.53 bits per heavy atom. The van der Waals surface area contributed by atoms with Gasteiger partial charge in [-0.2, -0.15) is 0 Å². The number of rotatable bonds is 6. The molecule has 0 aliphatic heterocycles. The first-order valence-electron chi connectivity index (χ1n) is 6.54. The second kappa shape index (κ2) is 7.09. The van der Waals surface area contributed by atoms with E-state index in [-0.39, 0.29) is 5.91 Å². The minimum Gasteiger partial charge on any atom is -0.368 e. The molecule has 0 aliphatic rings. The summed E-state index contributed by atoms with van der Waals surface area (Å²) < 4.78 is 0. The van der Waals surface area contributed by atoms with Crippen LogP contribution in [0.1, 0.15) is 24.3 Å². The van der Waals surface area contributed by atoms with Gasteiger partial charge in [0.1, 0.15) is 11.5 Å². The van der Waals surface area contributed by atoms with Gasteiger partial charge < -0.3 is 15.1 Å². The Labute approximate surface area is 115 Å². The molecule has 106 valence electrons. The summed E-state index contributed by atoms with van der Waals surface area (Å²) in [6, 6.07) is 5.77. The maximum Gasteiger partial charge on any atom is 0.272 e. The molecule has 0 fully saturated rings. The molecular formula is C14H24N4O. The fourth-order valence-corrected chi connectivity index (χ4v) is 1.58. The number of amides is 1. The van der Waals surface area contributed by atoms with Crippen molar-refractivity contribution in [3.05, 3.63) is 23.9 Å². The maximum atomic E-state index is 12.2. The van der Waals surface area contributed by atoms with E-state index in [0.29, 0.717) is 18.3 Å². The summed E-state index contributed by atoms with van der Waals surface area (Å²) in [5.74, 6) is 0.691. The van der Waals surface area contributed by atoms with E-state index in [1.54, 1.807) is 18.0 Å². The maximum absolute atomic E-state index is 12.2. The van der Waals surface area contributed by atoms with Crippen LogP contribution in [0.2, 0.25) is 0 Å². The molecule has 0 aliphatic carbocycles. The number of carbonyl (C=O) groups excluding carboxylic acids is 1. The number of aromatic nitrogens is 1. The van der Waals surface area contributed by atoms with E-state index in [9.17, 15) is 4.79 Å². The summed E-state index contributed by atoms with van der Waals surface area (Å²) in [4.78, 5) is 20.3. The van der Waals surface area contributed by atoms with Gasteiger partial charge in [-0.25, -0.2) is 4.98 Å². The Balaban J connectivity index is 2.70. The van der Waals surface area contributed by atoms with Crippen LogP contribution in [0.4, 0.5) is 5.82 Å². The molecule has 0 spiro atoms. The van der Waals surface area contributed by atoms with Crippen LogP contribution in [0.25, 0.3) is 0 Å². The van der Waals surface area contributed by atoms with Crippen molar-refractivity contribution in [1.82, 2.24) is 14.8 Å². The highest BCUT2D eigenvalue weighted by molar-refractivity contribution is 5.92. The van der Waals surface area contributed by atoms with Crippen molar-refractivity contribution < 1.29 is 4.79 Å². The van der Waals surface area contributed by atoms with Gasteiger partial charge in [0.25, 0.3) is 5.91 Å². The molecule has 1 aromatic heterocycles. The summed E-state index contributed by atoms with van der Waals surface area (Å²) in [6.07, 6.45) is 0. The van der Waals surface area contributed by atoms with E-state index in [4.69, 9.17) is 0 Å². The van der Waals surface area contributed by atoms with Crippen molar-refractivity contribution in [2.24, 2.45) is 0 Å². The van der Waals surface area contributed by atoms with Crippen LogP contribution in [0, 0.1) is 0 Å². The highest BCUT2D eigenvalue weighted by Gasteiger charge is 2.13. The summed E-state index contributed by atoms with van der Waals surface area (Å²) >= 11 is 0. The van der Waals surface area contributed by atoms with E-state index in [0.717, 1.165) is 12.4 Å². The SMILES string of the molecule is CC(C)Nc1cccc(C(=O)N(C)CCN(C)C)n1. The Kier molecular flexibility index (Phi) is 5.76. The van der Waals surface area contributed by atoms with E-state index in [1.807, 2.05) is 45.0 Å². The minimum absolute atomic E-state index is 0.0470.